The van der Waals surface area contributed by atoms with E-state index in [4.69, 9.17) is 23.7 Å². The Kier molecular flexibility index (Phi) is 8.48. The van der Waals surface area contributed by atoms with E-state index in [-0.39, 0.29) is 16.7 Å². The normalized spacial score (nSPS) is 10.8. The summed E-state index contributed by atoms with van der Waals surface area (Å²) in [5, 5.41) is 1.18. The predicted molar refractivity (Wildman–Crippen MR) is 131 cm³/mol. The summed E-state index contributed by atoms with van der Waals surface area (Å²) in [7, 11) is 4.01. The fourth-order valence-electron chi connectivity index (χ4n) is 3.87. The van der Waals surface area contributed by atoms with Crippen LogP contribution in [0.15, 0.2) is 41.3 Å². The lowest BCUT2D eigenvalue weighted by atomic mass is 9.89. The van der Waals surface area contributed by atoms with E-state index < -0.39 is 11.9 Å². The summed E-state index contributed by atoms with van der Waals surface area (Å²) >= 11 is 0. The SMILES string of the molecule is CCOc1cc2cc(C(=O)OC)c(C(=O)OC)c(-c3ccn(CCOC)c(=O)c3)c2cc1OCC. The van der Waals surface area contributed by atoms with Gasteiger partial charge in [0.1, 0.15) is 0 Å². The number of fused-ring (bicyclic) bond motifs is 1. The zero-order valence-corrected chi connectivity index (χ0v) is 20.5. The van der Waals surface area contributed by atoms with Crippen molar-refractivity contribution in [3.8, 4) is 22.6 Å². The van der Waals surface area contributed by atoms with E-state index in [2.05, 4.69) is 0 Å². The third-order valence-electron chi connectivity index (χ3n) is 5.42. The predicted octanol–water partition coefficient (Wildman–Crippen LogP) is 3.69. The van der Waals surface area contributed by atoms with Gasteiger partial charge in [-0.1, -0.05) is 0 Å². The zero-order valence-electron chi connectivity index (χ0n) is 20.5. The number of aromatic nitrogens is 1. The van der Waals surface area contributed by atoms with E-state index in [0.717, 1.165) is 0 Å². The highest BCUT2D eigenvalue weighted by Gasteiger charge is 2.27. The van der Waals surface area contributed by atoms with Gasteiger partial charge in [0.05, 0.1) is 45.2 Å². The smallest absolute Gasteiger partial charge is 0.339 e. The van der Waals surface area contributed by atoms with Gasteiger partial charge >= 0.3 is 11.9 Å². The largest absolute Gasteiger partial charge is 0.490 e. The molecule has 0 saturated heterocycles. The molecular formula is C26H29NO8. The summed E-state index contributed by atoms with van der Waals surface area (Å²) in [6, 6.07) is 8.14. The van der Waals surface area contributed by atoms with Gasteiger partial charge < -0.3 is 28.3 Å². The molecule has 3 aromatic rings. The average molecular weight is 484 g/mol. The fraction of sp³-hybridized carbons (Fsp3) is 0.346. The van der Waals surface area contributed by atoms with Crippen LogP contribution in [0.3, 0.4) is 0 Å². The molecule has 0 atom stereocenters. The van der Waals surface area contributed by atoms with Crippen molar-refractivity contribution in [2.45, 2.75) is 20.4 Å². The fourth-order valence-corrected chi connectivity index (χ4v) is 3.87. The van der Waals surface area contributed by atoms with E-state index >= 15 is 0 Å². The second kappa shape index (κ2) is 11.5. The molecule has 1 heterocycles. The molecule has 3 rings (SSSR count). The summed E-state index contributed by atoms with van der Waals surface area (Å²) in [5.41, 5.74) is 0.508. The Morgan fingerprint density at radius 1 is 0.886 bits per heavy atom. The van der Waals surface area contributed by atoms with Crippen LogP contribution in [0.1, 0.15) is 34.6 Å². The summed E-state index contributed by atoms with van der Waals surface area (Å²) in [6.07, 6.45) is 1.62. The first kappa shape index (κ1) is 25.8. The number of rotatable bonds is 10. The van der Waals surface area contributed by atoms with Crippen LogP contribution in [-0.4, -0.2) is 57.7 Å². The lowest BCUT2D eigenvalue weighted by Gasteiger charge is -2.19. The van der Waals surface area contributed by atoms with Gasteiger partial charge in [-0.2, -0.15) is 0 Å². The Labute approximate surface area is 203 Å². The number of carbonyl (C=O) groups excluding carboxylic acids is 2. The van der Waals surface area contributed by atoms with Crippen LogP contribution in [0, 0.1) is 0 Å². The number of benzene rings is 2. The Morgan fingerprint density at radius 3 is 2.11 bits per heavy atom. The summed E-state index contributed by atoms with van der Waals surface area (Å²) in [6.45, 7) is 5.23. The van der Waals surface area contributed by atoms with Crippen molar-refractivity contribution < 1.29 is 33.3 Å². The molecule has 186 valence electrons. The molecule has 0 spiro atoms. The molecule has 0 amide bonds. The first-order valence-corrected chi connectivity index (χ1v) is 11.2. The topological polar surface area (TPSA) is 102 Å². The van der Waals surface area contributed by atoms with Gasteiger partial charge in [0.15, 0.2) is 11.5 Å². The van der Waals surface area contributed by atoms with Gasteiger partial charge in [-0.15, -0.1) is 0 Å². The molecule has 9 nitrogen and oxygen atoms in total. The lowest BCUT2D eigenvalue weighted by Crippen LogP contribution is -2.21. The highest BCUT2D eigenvalue weighted by atomic mass is 16.5. The van der Waals surface area contributed by atoms with Crippen LogP contribution < -0.4 is 15.0 Å². The molecule has 0 unspecified atom stereocenters. The number of ether oxygens (including phenoxy) is 5. The Morgan fingerprint density at radius 2 is 1.54 bits per heavy atom. The van der Waals surface area contributed by atoms with E-state index in [1.165, 1.54) is 24.9 Å². The molecule has 0 N–H and O–H groups in total. The molecule has 0 saturated carbocycles. The molecule has 0 aliphatic heterocycles. The number of methoxy groups -OCH3 is 3. The van der Waals surface area contributed by atoms with Crippen molar-refractivity contribution in [2.24, 2.45) is 0 Å². The number of carbonyl (C=O) groups is 2. The number of hydrogen-bond acceptors (Lipinski definition) is 8. The van der Waals surface area contributed by atoms with Gasteiger partial charge in [-0.05, 0) is 54.4 Å². The van der Waals surface area contributed by atoms with Crippen molar-refractivity contribution in [3.63, 3.8) is 0 Å². The minimum Gasteiger partial charge on any atom is -0.490 e. The molecule has 35 heavy (non-hydrogen) atoms. The lowest BCUT2D eigenvalue weighted by molar-refractivity contribution is 0.0556. The Balaban J connectivity index is 2.45. The molecule has 1 aromatic heterocycles. The van der Waals surface area contributed by atoms with Crippen LogP contribution >= 0.6 is 0 Å². The maximum atomic E-state index is 13.0. The van der Waals surface area contributed by atoms with Gasteiger partial charge in [-0.3, -0.25) is 4.79 Å². The summed E-state index contributed by atoms with van der Waals surface area (Å²) in [4.78, 5) is 38.6. The van der Waals surface area contributed by atoms with Gasteiger partial charge in [0.2, 0.25) is 0 Å². The maximum Gasteiger partial charge on any atom is 0.339 e. The standard InChI is InChI=1S/C26H29NO8/c1-6-34-20-13-17-12-19(25(29)32-4)24(26(30)33-5)23(18(17)15-21(20)35-7-2)16-8-9-27(10-11-31-3)22(28)14-16/h8-9,12-15H,6-7,10-11H2,1-5H3. The minimum atomic E-state index is -0.738. The van der Waals surface area contributed by atoms with E-state index in [1.54, 1.807) is 37.6 Å². The second-order valence-electron chi connectivity index (χ2n) is 7.48. The van der Waals surface area contributed by atoms with Gasteiger partial charge in [0, 0.05) is 31.5 Å². The molecule has 2 aromatic carbocycles. The third kappa shape index (κ3) is 5.30. The number of hydrogen-bond donors (Lipinski definition) is 0. The number of pyridine rings is 1. The Bertz CT molecular complexity index is 1290. The van der Waals surface area contributed by atoms with Gasteiger partial charge in [-0.25, -0.2) is 9.59 Å². The highest BCUT2D eigenvalue weighted by Crippen LogP contribution is 2.41. The number of nitrogens with zero attached hydrogens (tertiary/aromatic N) is 1. The molecule has 0 aliphatic carbocycles. The zero-order chi connectivity index (χ0) is 25.5. The molecule has 0 bridgehead atoms. The van der Waals surface area contributed by atoms with Gasteiger partial charge in [0.25, 0.3) is 5.56 Å². The van der Waals surface area contributed by atoms with Crippen molar-refractivity contribution in [3.05, 3.63) is 58.0 Å². The summed E-state index contributed by atoms with van der Waals surface area (Å²) < 4.78 is 28.1. The second-order valence-corrected chi connectivity index (χ2v) is 7.48. The molecular weight excluding hydrogens is 454 g/mol. The quantitative estimate of drug-likeness (QED) is 0.403. The van der Waals surface area contributed by atoms with E-state index in [0.29, 0.717) is 59.8 Å². The first-order chi connectivity index (χ1) is 16.9. The maximum absolute atomic E-state index is 13.0. The van der Waals surface area contributed by atoms with Crippen LogP contribution in [-0.2, 0) is 20.8 Å². The molecule has 0 fully saturated rings. The van der Waals surface area contributed by atoms with Crippen LogP contribution in [0.2, 0.25) is 0 Å². The molecule has 9 heteroatoms. The third-order valence-corrected chi connectivity index (χ3v) is 5.42. The van der Waals surface area contributed by atoms with Crippen LogP contribution in [0.5, 0.6) is 11.5 Å². The van der Waals surface area contributed by atoms with Crippen molar-refractivity contribution >= 4 is 22.7 Å². The van der Waals surface area contributed by atoms with E-state index in [9.17, 15) is 14.4 Å². The van der Waals surface area contributed by atoms with E-state index in [1.807, 2.05) is 13.8 Å². The average Bonchev–Trinajstić information content (AvgIpc) is 2.86. The minimum absolute atomic E-state index is 0.00694. The molecule has 0 radical (unpaired) electrons. The summed E-state index contributed by atoms with van der Waals surface area (Å²) in [5.74, 6) is -0.492. The van der Waals surface area contributed by atoms with Crippen molar-refractivity contribution in [1.82, 2.24) is 4.57 Å². The Hall–Kier alpha value is -3.85. The first-order valence-electron chi connectivity index (χ1n) is 11.2. The highest BCUT2D eigenvalue weighted by molar-refractivity contribution is 6.15. The van der Waals surface area contributed by atoms with Crippen molar-refractivity contribution in [1.29, 1.82) is 0 Å². The number of esters is 2. The van der Waals surface area contributed by atoms with Crippen molar-refractivity contribution in [2.75, 3.05) is 41.2 Å². The molecule has 0 aliphatic rings. The van der Waals surface area contributed by atoms with Crippen LogP contribution in [0.4, 0.5) is 0 Å². The van der Waals surface area contributed by atoms with Crippen LogP contribution in [0.25, 0.3) is 21.9 Å². The monoisotopic (exact) mass is 483 g/mol.